The first kappa shape index (κ1) is 13.3. The Hall–Kier alpha value is 0.210. The monoisotopic (exact) mass is 233 g/mol. The fraction of sp³-hybridized carbons (Fsp3) is 1.00. The number of rotatable bonds is 5. The number of hydrogen-bond acceptors (Lipinski definition) is 2. The molecule has 2 nitrogen and oxygen atoms in total. The van der Waals surface area contributed by atoms with Gasteiger partial charge in [-0.25, -0.2) is 0 Å². The molecule has 0 N–H and O–H groups in total. The van der Waals surface area contributed by atoms with E-state index in [0.717, 1.165) is 24.8 Å². The molecule has 0 amide bonds. The van der Waals surface area contributed by atoms with Gasteiger partial charge in [0.15, 0.2) is 0 Å². The lowest BCUT2D eigenvalue weighted by atomic mass is 10.0. The fourth-order valence-electron chi connectivity index (χ4n) is 2.13. The van der Waals surface area contributed by atoms with E-state index in [2.05, 4.69) is 25.7 Å². The van der Waals surface area contributed by atoms with Gasteiger partial charge in [0.05, 0.1) is 5.60 Å². The van der Waals surface area contributed by atoms with E-state index in [1.54, 1.807) is 7.11 Å². The predicted molar refractivity (Wildman–Crippen MR) is 65.6 cm³/mol. The number of alkyl halides is 1. The molecule has 1 heterocycles. The van der Waals surface area contributed by atoms with Gasteiger partial charge in [-0.15, -0.1) is 11.6 Å². The van der Waals surface area contributed by atoms with Gasteiger partial charge in [0, 0.05) is 25.6 Å². The van der Waals surface area contributed by atoms with E-state index in [1.165, 1.54) is 13.0 Å². The Labute approximate surface area is 98.9 Å². The van der Waals surface area contributed by atoms with E-state index in [-0.39, 0.29) is 5.60 Å². The molecule has 90 valence electrons. The number of methoxy groups -OCH3 is 1. The molecule has 2 unspecified atom stereocenters. The second-order valence-corrected chi connectivity index (χ2v) is 5.55. The van der Waals surface area contributed by atoms with Crippen LogP contribution in [0, 0.1) is 5.92 Å². The molecule has 1 aliphatic rings. The molecule has 3 heteroatoms. The third-order valence-electron chi connectivity index (χ3n) is 3.71. The third kappa shape index (κ3) is 3.61. The largest absolute Gasteiger partial charge is 0.379 e. The summed E-state index contributed by atoms with van der Waals surface area (Å²) in [4.78, 5) is 2.51. The first-order valence-corrected chi connectivity index (χ1v) is 6.39. The maximum atomic E-state index is 6.01. The molecule has 1 saturated heterocycles. The Morgan fingerprint density at radius 3 is 2.67 bits per heavy atom. The van der Waals surface area contributed by atoms with Crippen LogP contribution in [-0.4, -0.2) is 42.6 Å². The second kappa shape index (κ2) is 5.51. The molecule has 0 aromatic heterocycles. The highest BCUT2D eigenvalue weighted by Crippen LogP contribution is 2.26. The molecule has 0 spiro atoms. The smallest absolute Gasteiger partial charge is 0.0634 e. The highest BCUT2D eigenvalue weighted by atomic mass is 35.5. The zero-order valence-corrected chi connectivity index (χ0v) is 11.2. The SMILES string of the molecule is COC(C)(C)CCN1CCC(C)C1CCl. The summed E-state index contributed by atoms with van der Waals surface area (Å²) in [5.41, 5.74) is -0.0112. The highest BCUT2D eigenvalue weighted by molar-refractivity contribution is 6.18. The van der Waals surface area contributed by atoms with Crippen molar-refractivity contribution in [3.05, 3.63) is 0 Å². The van der Waals surface area contributed by atoms with Crippen molar-refractivity contribution in [2.45, 2.75) is 45.3 Å². The van der Waals surface area contributed by atoms with Gasteiger partial charge in [0.2, 0.25) is 0 Å². The second-order valence-electron chi connectivity index (χ2n) is 5.24. The topological polar surface area (TPSA) is 12.5 Å². The van der Waals surface area contributed by atoms with Crippen molar-refractivity contribution in [2.24, 2.45) is 5.92 Å². The maximum Gasteiger partial charge on any atom is 0.0634 e. The van der Waals surface area contributed by atoms with Crippen molar-refractivity contribution in [1.29, 1.82) is 0 Å². The zero-order chi connectivity index (χ0) is 11.5. The average Bonchev–Trinajstić information content (AvgIpc) is 2.56. The van der Waals surface area contributed by atoms with Gasteiger partial charge in [0.1, 0.15) is 0 Å². The van der Waals surface area contributed by atoms with Gasteiger partial charge in [0.25, 0.3) is 0 Å². The van der Waals surface area contributed by atoms with E-state index in [0.29, 0.717) is 6.04 Å². The molecule has 1 rings (SSSR count). The lowest BCUT2D eigenvalue weighted by Crippen LogP contribution is -2.37. The van der Waals surface area contributed by atoms with Crippen LogP contribution in [0.2, 0.25) is 0 Å². The van der Waals surface area contributed by atoms with Gasteiger partial charge in [-0.2, -0.15) is 0 Å². The summed E-state index contributed by atoms with van der Waals surface area (Å²) in [6.07, 6.45) is 2.36. The Morgan fingerprint density at radius 1 is 1.47 bits per heavy atom. The van der Waals surface area contributed by atoms with E-state index >= 15 is 0 Å². The summed E-state index contributed by atoms with van der Waals surface area (Å²) in [5.74, 6) is 1.50. The Kier molecular flexibility index (Phi) is 4.88. The molecule has 0 bridgehead atoms. The third-order valence-corrected chi connectivity index (χ3v) is 4.03. The summed E-state index contributed by atoms with van der Waals surface area (Å²) in [6.45, 7) is 8.87. The standard InChI is InChI=1S/C12H24ClNO/c1-10-5-7-14(11(10)9-13)8-6-12(2,3)15-4/h10-11H,5-9H2,1-4H3. The minimum atomic E-state index is -0.0112. The maximum absolute atomic E-state index is 6.01. The first-order chi connectivity index (χ1) is 7.00. The Balaban J connectivity index is 2.39. The van der Waals surface area contributed by atoms with Crippen molar-refractivity contribution < 1.29 is 4.74 Å². The normalized spacial score (nSPS) is 28.6. The molecule has 2 atom stereocenters. The number of likely N-dealkylation sites (tertiary alicyclic amines) is 1. The summed E-state index contributed by atoms with van der Waals surface area (Å²) >= 11 is 6.01. The molecule has 0 radical (unpaired) electrons. The average molecular weight is 234 g/mol. The number of nitrogens with zero attached hydrogens (tertiary/aromatic N) is 1. The van der Waals surface area contributed by atoms with Gasteiger partial charge in [-0.05, 0) is 39.2 Å². The van der Waals surface area contributed by atoms with Crippen molar-refractivity contribution in [3.8, 4) is 0 Å². The van der Waals surface area contributed by atoms with Crippen molar-refractivity contribution in [3.63, 3.8) is 0 Å². The minimum absolute atomic E-state index is 0.0112. The van der Waals surface area contributed by atoms with Crippen molar-refractivity contribution >= 4 is 11.6 Å². The van der Waals surface area contributed by atoms with E-state index < -0.39 is 0 Å². The van der Waals surface area contributed by atoms with Crippen molar-refractivity contribution in [1.82, 2.24) is 4.90 Å². The van der Waals surface area contributed by atoms with Crippen molar-refractivity contribution in [2.75, 3.05) is 26.1 Å². The Bertz CT molecular complexity index is 196. The van der Waals surface area contributed by atoms with Crippen LogP contribution in [0.4, 0.5) is 0 Å². The van der Waals surface area contributed by atoms with Gasteiger partial charge in [-0.1, -0.05) is 6.92 Å². The molecular weight excluding hydrogens is 210 g/mol. The molecule has 1 fully saturated rings. The van der Waals surface area contributed by atoms with Crippen LogP contribution in [0.3, 0.4) is 0 Å². The number of hydrogen-bond donors (Lipinski definition) is 0. The van der Waals surface area contributed by atoms with Gasteiger partial charge < -0.3 is 4.74 Å². The van der Waals surface area contributed by atoms with Crippen LogP contribution >= 0.6 is 11.6 Å². The molecular formula is C12H24ClNO. The van der Waals surface area contributed by atoms with Crippen LogP contribution in [0.5, 0.6) is 0 Å². The fourth-order valence-corrected chi connectivity index (χ4v) is 2.63. The van der Waals surface area contributed by atoms with E-state index in [1.807, 2.05) is 0 Å². The number of ether oxygens (including phenoxy) is 1. The van der Waals surface area contributed by atoms with E-state index in [4.69, 9.17) is 16.3 Å². The zero-order valence-electron chi connectivity index (χ0n) is 10.4. The van der Waals surface area contributed by atoms with Gasteiger partial charge in [-0.3, -0.25) is 4.90 Å². The molecule has 0 aliphatic carbocycles. The summed E-state index contributed by atoms with van der Waals surface area (Å²) < 4.78 is 5.43. The number of halogens is 1. The lowest BCUT2D eigenvalue weighted by molar-refractivity contribution is 0.00657. The first-order valence-electron chi connectivity index (χ1n) is 5.85. The molecule has 0 aromatic carbocycles. The van der Waals surface area contributed by atoms with E-state index in [9.17, 15) is 0 Å². The summed E-state index contributed by atoms with van der Waals surface area (Å²) in [7, 11) is 1.78. The van der Waals surface area contributed by atoms with Gasteiger partial charge >= 0.3 is 0 Å². The quantitative estimate of drug-likeness (QED) is 0.678. The minimum Gasteiger partial charge on any atom is -0.379 e. The molecule has 15 heavy (non-hydrogen) atoms. The van der Waals surface area contributed by atoms with Crippen LogP contribution in [0.1, 0.15) is 33.6 Å². The Morgan fingerprint density at radius 2 is 2.13 bits per heavy atom. The lowest BCUT2D eigenvalue weighted by Gasteiger charge is -2.29. The summed E-state index contributed by atoms with van der Waals surface area (Å²) in [6, 6.07) is 0.569. The highest BCUT2D eigenvalue weighted by Gasteiger charge is 2.31. The molecule has 1 aliphatic heterocycles. The van der Waals surface area contributed by atoms with Crippen LogP contribution in [-0.2, 0) is 4.74 Å². The van der Waals surface area contributed by atoms with Crippen LogP contribution < -0.4 is 0 Å². The summed E-state index contributed by atoms with van der Waals surface area (Å²) in [5, 5.41) is 0. The van der Waals surface area contributed by atoms with Crippen LogP contribution in [0.25, 0.3) is 0 Å². The molecule has 0 saturated carbocycles. The predicted octanol–water partition coefficient (Wildman–Crippen LogP) is 2.75. The van der Waals surface area contributed by atoms with Crippen LogP contribution in [0.15, 0.2) is 0 Å². The molecule has 0 aromatic rings.